The largest absolute Gasteiger partial charge is 0.491 e. The maximum atomic E-state index is 12.9. The summed E-state index contributed by atoms with van der Waals surface area (Å²) in [7, 11) is 0. The van der Waals surface area contributed by atoms with E-state index in [-0.39, 0.29) is 30.6 Å². The monoisotopic (exact) mass is 444 g/mol. The van der Waals surface area contributed by atoms with Crippen molar-refractivity contribution in [3.63, 3.8) is 0 Å². The fourth-order valence-electron chi connectivity index (χ4n) is 3.68. The summed E-state index contributed by atoms with van der Waals surface area (Å²) in [4.78, 5) is 25.3. The van der Waals surface area contributed by atoms with Crippen LogP contribution in [0.2, 0.25) is 0 Å². The van der Waals surface area contributed by atoms with Crippen molar-refractivity contribution in [1.82, 2.24) is 15.1 Å². The molecule has 166 valence electrons. The maximum absolute atomic E-state index is 12.9. The van der Waals surface area contributed by atoms with Crippen LogP contribution in [0, 0.1) is 0 Å². The van der Waals surface area contributed by atoms with Crippen molar-refractivity contribution in [2.45, 2.75) is 56.9 Å². The number of carbonyl (C=O) groups excluding carboxylic acids is 2. The van der Waals surface area contributed by atoms with E-state index in [1.165, 1.54) is 0 Å². The number of hydrogen-bond acceptors (Lipinski definition) is 6. The number of nitrogens with one attached hydrogen (secondary N) is 2. The first kappa shape index (κ1) is 21.7. The smallest absolute Gasteiger partial charge is 0.256 e. The minimum atomic E-state index is -0.239. The first-order valence-electron chi connectivity index (χ1n) is 10.6. The number of ether oxygens (including phenoxy) is 2. The van der Waals surface area contributed by atoms with Gasteiger partial charge in [0, 0.05) is 35.8 Å². The number of fused-ring (bicyclic) bond motifs is 1. The Hall–Kier alpha value is -2.52. The number of carbonyl (C=O) groups is 2. The molecule has 2 amide bonds. The number of anilines is 1. The Morgan fingerprint density at radius 3 is 2.81 bits per heavy atom. The van der Waals surface area contributed by atoms with E-state index < -0.39 is 0 Å². The van der Waals surface area contributed by atoms with Crippen LogP contribution in [0.1, 0.15) is 48.3 Å². The van der Waals surface area contributed by atoms with Crippen LogP contribution < -0.4 is 15.4 Å². The third kappa shape index (κ3) is 5.40. The Labute approximate surface area is 186 Å². The second kappa shape index (κ2) is 9.74. The summed E-state index contributed by atoms with van der Waals surface area (Å²) in [6.45, 7) is 5.22. The van der Waals surface area contributed by atoms with Crippen LogP contribution >= 0.6 is 11.8 Å². The van der Waals surface area contributed by atoms with Crippen LogP contribution in [-0.2, 0) is 27.6 Å². The van der Waals surface area contributed by atoms with Crippen LogP contribution in [0.25, 0.3) is 0 Å². The molecule has 8 nitrogen and oxygen atoms in total. The van der Waals surface area contributed by atoms with Gasteiger partial charge in [-0.15, -0.1) is 0 Å². The number of amides is 2. The summed E-state index contributed by atoms with van der Waals surface area (Å²) in [5, 5.41) is 10.5. The molecule has 31 heavy (non-hydrogen) atoms. The van der Waals surface area contributed by atoms with Crippen molar-refractivity contribution in [2.75, 3.05) is 18.5 Å². The summed E-state index contributed by atoms with van der Waals surface area (Å²) >= 11 is 1.75. The molecule has 9 heteroatoms. The summed E-state index contributed by atoms with van der Waals surface area (Å²) in [5.41, 5.74) is 2.43. The molecule has 0 bridgehead atoms. The average molecular weight is 445 g/mol. The van der Waals surface area contributed by atoms with E-state index in [1.807, 2.05) is 13.8 Å². The van der Waals surface area contributed by atoms with Gasteiger partial charge in [0.25, 0.3) is 5.91 Å². The summed E-state index contributed by atoms with van der Waals surface area (Å²) in [6.07, 6.45) is 2.16. The SMILES string of the molecule is CC(C)Oc1ccc(C(=O)Nc2c3c(nn2CC(=O)NCC2CCCO2)CSC3)cc1. The molecule has 2 N–H and O–H groups in total. The van der Waals surface area contributed by atoms with Gasteiger partial charge in [0.1, 0.15) is 18.1 Å². The van der Waals surface area contributed by atoms with E-state index in [4.69, 9.17) is 9.47 Å². The fraction of sp³-hybridized carbons (Fsp3) is 0.500. The number of nitrogens with zero attached hydrogens (tertiary/aromatic N) is 2. The number of hydrogen-bond donors (Lipinski definition) is 2. The third-order valence-electron chi connectivity index (χ3n) is 5.18. The van der Waals surface area contributed by atoms with Crippen LogP contribution in [-0.4, -0.2) is 47.0 Å². The fourth-order valence-corrected chi connectivity index (χ4v) is 4.72. The molecule has 1 fully saturated rings. The lowest BCUT2D eigenvalue weighted by Gasteiger charge is -2.13. The molecule has 1 unspecified atom stereocenters. The van der Waals surface area contributed by atoms with Gasteiger partial charge in [-0.3, -0.25) is 9.59 Å². The van der Waals surface area contributed by atoms with E-state index >= 15 is 0 Å². The zero-order chi connectivity index (χ0) is 21.8. The Morgan fingerprint density at radius 2 is 2.10 bits per heavy atom. The second-order valence-corrected chi connectivity index (χ2v) is 8.99. The van der Waals surface area contributed by atoms with Crippen molar-refractivity contribution >= 4 is 29.4 Å². The van der Waals surface area contributed by atoms with E-state index in [9.17, 15) is 9.59 Å². The maximum Gasteiger partial charge on any atom is 0.256 e. The predicted octanol–water partition coefficient (Wildman–Crippen LogP) is 2.96. The van der Waals surface area contributed by atoms with Crippen molar-refractivity contribution < 1.29 is 19.1 Å². The standard InChI is InChI=1S/C22H28N4O4S/c1-14(2)30-16-7-5-15(6-8-16)22(28)24-21-18-12-31-13-19(18)25-26(21)11-20(27)23-10-17-4-3-9-29-17/h5-8,14,17H,3-4,9-13H2,1-2H3,(H,23,27)(H,24,28). The molecule has 1 aromatic heterocycles. The summed E-state index contributed by atoms with van der Waals surface area (Å²) in [5.74, 6) is 2.48. The first-order chi connectivity index (χ1) is 15.0. The second-order valence-electron chi connectivity index (χ2n) is 8.01. The molecular formula is C22H28N4O4S. The molecule has 0 aliphatic carbocycles. The highest BCUT2D eigenvalue weighted by Crippen LogP contribution is 2.35. The van der Waals surface area contributed by atoms with Gasteiger partial charge < -0.3 is 20.1 Å². The Kier molecular flexibility index (Phi) is 6.82. The molecular weight excluding hydrogens is 416 g/mol. The number of thioether (sulfide) groups is 1. The molecule has 1 atom stereocenters. The average Bonchev–Trinajstić information content (AvgIpc) is 3.46. The zero-order valence-corrected chi connectivity index (χ0v) is 18.7. The number of aromatic nitrogens is 2. The molecule has 1 saturated heterocycles. The molecule has 2 aromatic rings. The lowest BCUT2D eigenvalue weighted by atomic mass is 10.2. The van der Waals surface area contributed by atoms with E-state index in [2.05, 4.69) is 15.7 Å². The van der Waals surface area contributed by atoms with Crippen LogP contribution in [0.5, 0.6) is 5.75 Å². The first-order valence-corrected chi connectivity index (χ1v) is 11.8. The Bertz CT molecular complexity index is 936. The highest BCUT2D eigenvalue weighted by atomic mass is 32.2. The van der Waals surface area contributed by atoms with E-state index in [1.54, 1.807) is 40.7 Å². The molecule has 0 saturated carbocycles. The van der Waals surface area contributed by atoms with Crippen molar-refractivity contribution in [3.8, 4) is 5.75 Å². The quantitative estimate of drug-likeness (QED) is 0.650. The molecule has 2 aliphatic heterocycles. The highest BCUT2D eigenvalue weighted by molar-refractivity contribution is 7.98. The number of benzene rings is 1. The van der Waals surface area contributed by atoms with Gasteiger partial charge in [0.15, 0.2) is 0 Å². The van der Waals surface area contributed by atoms with E-state index in [0.717, 1.165) is 48.0 Å². The van der Waals surface area contributed by atoms with Crippen molar-refractivity contribution in [2.24, 2.45) is 0 Å². The van der Waals surface area contributed by atoms with Gasteiger partial charge in [0.05, 0.1) is 17.9 Å². The van der Waals surface area contributed by atoms with Gasteiger partial charge in [-0.05, 0) is 51.0 Å². The minimum absolute atomic E-state index is 0.0567. The lowest BCUT2D eigenvalue weighted by molar-refractivity contribution is -0.122. The Morgan fingerprint density at radius 1 is 1.29 bits per heavy atom. The van der Waals surface area contributed by atoms with Gasteiger partial charge in [-0.25, -0.2) is 4.68 Å². The normalized spacial score (nSPS) is 17.6. The molecule has 2 aliphatic rings. The van der Waals surface area contributed by atoms with Gasteiger partial charge in [-0.1, -0.05) is 0 Å². The minimum Gasteiger partial charge on any atom is -0.491 e. The summed E-state index contributed by atoms with van der Waals surface area (Å²) in [6, 6.07) is 7.03. The molecule has 4 rings (SSSR count). The highest BCUT2D eigenvalue weighted by Gasteiger charge is 2.25. The molecule has 3 heterocycles. The Balaban J connectivity index is 1.43. The van der Waals surface area contributed by atoms with Gasteiger partial charge in [-0.2, -0.15) is 16.9 Å². The lowest BCUT2D eigenvalue weighted by Crippen LogP contribution is -2.34. The van der Waals surface area contributed by atoms with Gasteiger partial charge in [0.2, 0.25) is 5.91 Å². The summed E-state index contributed by atoms with van der Waals surface area (Å²) < 4.78 is 12.8. The van der Waals surface area contributed by atoms with Crippen LogP contribution in [0.4, 0.5) is 5.82 Å². The predicted molar refractivity (Wildman–Crippen MR) is 119 cm³/mol. The zero-order valence-electron chi connectivity index (χ0n) is 17.8. The van der Waals surface area contributed by atoms with Crippen LogP contribution in [0.3, 0.4) is 0 Å². The molecule has 0 radical (unpaired) electrons. The van der Waals surface area contributed by atoms with Gasteiger partial charge >= 0.3 is 0 Å². The number of rotatable bonds is 8. The van der Waals surface area contributed by atoms with Crippen LogP contribution in [0.15, 0.2) is 24.3 Å². The third-order valence-corrected chi connectivity index (χ3v) is 6.15. The van der Waals surface area contributed by atoms with Crippen molar-refractivity contribution in [1.29, 1.82) is 0 Å². The molecule has 0 spiro atoms. The topological polar surface area (TPSA) is 94.5 Å². The van der Waals surface area contributed by atoms with Crippen molar-refractivity contribution in [3.05, 3.63) is 41.1 Å². The van der Waals surface area contributed by atoms with E-state index in [0.29, 0.717) is 17.9 Å². The molecule has 1 aromatic carbocycles.